The molecule has 3 aromatic carbocycles. The topological polar surface area (TPSA) is 73.8 Å². The lowest BCUT2D eigenvalue weighted by Gasteiger charge is -2.19. The Morgan fingerprint density at radius 1 is 1.12 bits per heavy atom. The molecule has 1 atom stereocenters. The van der Waals surface area contributed by atoms with Gasteiger partial charge in [0.05, 0.1) is 0 Å². The molecule has 178 valence electrons. The normalized spacial score (nSPS) is 16.6. The highest BCUT2D eigenvalue weighted by atomic mass is 16.5. The molecule has 3 aromatic rings. The standard InChI is InChI=1S/C28H33N3O3/c1-31-17-5-8-25(31)15-16-29-19-22(18-21-11-13-24(14-12-21)28(32)30-33)20-34-27-10-4-7-23-6-2-3-9-26(23)27/h2-4,6-7,9-14,18,25,29,33H,5,8,15-17,19-20H2,1H3,(H,30,32). The molecule has 0 saturated carbocycles. The minimum atomic E-state index is -0.520. The second kappa shape index (κ2) is 11.8. The van der Waals surface area contributed by atoms with Crippen molar-refractivity contribution < 1.29 is 14.7 Å². The molecule has 0 radical (unpaired) electrons. The first-order valence-corrected chi connectivity index (χ1v) is 11.9. The Balaban J connectivity index is 1.44. The largest absolute Gasteiger partial charge is 0.489 e. The van der Waals surface area contributed by atoms with Gasteiger partial charge in [-0.05, 0) is 74.1 Å². The molecule has 6 nitrogen and oxygen atoms in total. The summed E-state index contributed by atoms with van der Waals surface area (Å²) in [5, 5.41) is 14.7. The van der Waals surface area contributed by atoms with Gasteiger partial charge in [-0.1, -0.05) is 54.6 Å². The average Bonchev–Trinajstić information content (AvgIpc) is 3.29. The highest BCUT2D eigenvalue weighted by Crippen LogP contribution is 2.25. The molecule has 1 heterocycles. The van der Waals surface area contributed by atoms with E-state index in [-0.39, 0.29) is 0 Å². The third kappa shape index (κ3) is 6.23. The van der Waals surface area contributed by atoms with Crippen LogP contribution in [0.25, 0.3) is 16.8 Å². The molecule has 1 unspecified atom stereocenters. The Morgan fingerprint density at radius 2 is 1.91 bits per heavy atom. The van der Waals surface area contributed by atoms with Crippen LogP contribution >= 0.6 is 0 Å². The molecule has 0 bridgehead atoms. The third-order valence-electron chi connectivity index (χ3n) is 6.49. The second-order valence-electron chi connectivity index (χ2n) is 8.87. The number of carbonyl (C=O) groups excluding carboxylic acids is 1. The fourth-order valence-electron chi connectivity index (χ4n) is 4.53. The average molecular weight is 460 g/mol. The summed E-state index contributed by atoms with van der Waals surface area (Å²) in [4.78, 5) is 14.1. The number of hydrogen-bond donors (Lipinski definition) is 3. The van der Waals surface area contributed by atoms with Crippen molar-refractivity contribution in [3.63, 3.8) is 0 Å². The number of amides is 1. The fourth-order valence-corrected chi connectivity index (χ4v) is 4.53. The highest BCUT2D eigenvalue weighted by Gasteiger charge is 2.19. The van der Waals surface area contributed by atoms with E-state index in [2.05, 4.69) is 41.5 Å². The molecule has 0 spiro atoms. The van der Waals surface area contributed by atoms with Gasteiger partial charge in [0.15, 0.2) is 0 Å². The van der Waals surface area contributed by atoms with E-state index < -0.39 is 5.91 Å². The lowest BCUT2D eigenvalue weighted by atomic mass is 10.1. The number of hydrogen-bond acceptors (Lipinski definition) is 5. The Bertz CT molecular complexity index is 1120. The predicted octanol–water partition coefficient (Wildman–Crippen LogP) is 4.50. The number of likely N-dealkylation sites (tertiary alicyclic amines) is 1. The van der Waals surface area contributed by atoms with Gasteiger partial charge >= 0.3 is 0 Å². The van der Waals surface area contributed by atoms with Crippen molar-refractivity contribution in [3.05, 3.63) is 83.4 Å². The number of carbonyl (C=O) groups is 1. The van der Waals surface area contributed by atoms with E-state index in [1.807, 2.05) is 36.4 Å². The highest BCUT2D eigenvalue weighted by molar-refractivity contribution is 5.93. The summed E-state index contributed by atoms with van der Waals surface area (Å²) in [6.45, 7) is 3.33. The third-order valence-corrected chi connectivity index (χ3v) is 6.49. The minimum Gasteiger partial charge on any atom is -0.489 e. The number of rotatable bonds is 10. The number of hydroxylamine groups is 1. The van der Waals surface area contributed by atoms with E-state index in [9.17, 15) is 4.79 Å². The first-order valence-electron chi connectivity index (χ1n) is 11.9. The molecule has 0 aromatic heterocycles. The number of fused-ring (bicyclic) bond motifs is 1. The first kappa shape index (κ1) is 24.0. The van der Waals surface area contributed by atoms with Crippen molar-refractivity contribution in [2.75, 3.05) is 33.3 Å². The maximum Gasteiger partial charge on any atom is 0.274 e. The molecule has 34 heavy (non-hydrogen) atoms. The van der Waals surface area contributed by atoms with Gasteiger partial charge in [0.2, 0.25) is 0 Å². The zero-order chi connectivity index (χ0) is 23.8. The van der Waals surface area contributed by atoms with Crippen LogP contribution < -0.4 is 15.5 Å². The van der Waals surface area contributed by atoms with Crippen molar-refractivity contribution in [2.45, 2.75) is 25.3 Å². The Labute approximate surface area is 201 Å². The summed E-state index contributed by atoms with van der Waals surface area (Å²) in [6, 6.07) is 22.1. The van der Waals surface area contributed by atoms with Crippen LogP contribution in [-0.4, -0.2) is 55.3 Å². The van der Waals surface area contributed by atoms with Crippen LogP contribution in [0.1, 0.15) is 35.2 Å². The first-order chi connectivity index (χ1) is 16.6. The quantitative estimate of drug-likeness (QED) is 0.237. The number of ether oxygens (including phenoxy) is 1. The van der Waals surface area contributed by atoms with Crippen molar-refractivity contribution in [2.24, 2.45) is 0 Å². The van der Waals surface area contributed by atoms with Gasteiger partial charge in [0.1, 0.15) is 12.4 Å². The molecule has 6 heteroatoms. The summed E-state index contributed by atoms with van der Waals surface area (Å²) in [7, 11) is 2.21. The van der Waals surface area contributed by atoms with Crippen LogP contribution in [0.4, 0.5) is 0 Å². The van der Waals surface area contributed by atoms with E-state index in [0.717, 1.165) is 47.2 Å². The number of nitrogens with zero attached hydrogens (tertiary/aromatic N) is 1. The zero-order valence-corrected chi connectivity index (χ0v) is 19.7. The lowest BCUT2D eigenvalue weighted by Crippen LogP contribution is -2.30. The monoisotopic (exact) mass is 459 g/mol. The van der Waals surface area contributed by atoms with E-state index in [1.165, 1.54) is 19.4 Å². The molecule has 4 rings (SSSR count). The van der Waals surface area contributed by atoms with Gasteiger partial charge in [-0.2, -0.15) is 0 Å². The lowest BCUT2D eigenvalue weighted by molar-refractivity contribution is 0.0706. The van der Waals surface area contributed by atoms with E-state index in [0.29, 0.717) is 18.2 Å². The molecule has 1 saturated heterocycles. The van der Waals surface area contributed by atoms with E-state index in [1.54, 1.807) is 17.6 Å². The second-order valence-corrected chi connectivity index (χ2v) is 8.87. The molecule has 3 N–H and O–H groups in total. The molecule has 1 aliphatic rings. The van der Waals surface area contributed by atoms with Crippen LogP contribution in [0, 0.1) is 0 Å². The van der Waals surface area contributed by atoms with Crippen LogP contribution in [-0.2, 0) is 0 Å². The van der Waals surface area contributed by atoms with Crippen molar-refractivity contribution in [3.8, 4) is 5.75 Å². The Kier molecular flexibility index (Phi) is 8.31. The summed E-state index contributed by atoms with van der Waals surface area (Å²) >= 11 is 0. The minimum absolute atomic E-state index is 0.409. The predicted molar refractivity (Wildman–Crippen MR) is 136 cm³/mol. The summed E-state index contributed by atoms with van der Waals surface area (Å²) in [6.07, 6.45) is 5.80. The van der Waals surface area contributed by atoms with Gasteiger partial charge in [-0.15, -0.1) is 0 Å². The summed E-state index contributed by atoms with van der Waals surface area (Å²) in [5.74, 6) is 0.347. The fraction of sp³-hybridized carbons (Fsp3) is 0.321. The van der Waals surface area contributed by atoms with Gasteiger partial charge in [0.25, 0.3) is 5.91 Å². The summed E-state index contributed by atoms with van der Waals surface area (Å²) < 4.78 is 6.27. The molecule has 1 aliphatic heterocycles. The molecular formula is C28H33N3O3. The van der Waals surface area contributed by atoms with Crippen molar-refractivity contribution >= 4 is 22.8 Å². The van der Waals surface area contributed by atoms with Gasteiger partial charge in [0, 0.05) is 23.5 Å². The number of nitrogens with one attached hydrogen (secondary N) is 2. The van der Waals surface area contributed by atoms with Crippen LogP contribution in [0.5, 0.6) is 5.75 Å². The molecule has 1 fully saturated rings. The van der Waals surface area contributed by atoms with E-state index >= 15 is 0 Å². The SMILES string of the molecule is CN1CCCC1CCNCC(=Cc1ccc(C(=O)NO)cc1)COc1cccc2ccccc12. The van der Waals surface area contributed by atoms with Crippen LogP contribution in [0.2, 0.25) is 0 Å². The molecular weight excluding hydrogens is 426 g/mol. The van der Waals surface area contributed by atoms with Crippen molar-refractivity contribution in [1.29, 1.82) is 0 Å². The Hall–Kier alpha value is -3.19. The Morgan fingerprint density at radius 3 is 2.68 bits per heavy atom. The summed E-state index contributed by atoms with van der Waals surface area (Å²) in [5.41, 5.74) is 4.17. The van der Waals surface area contributed by atoms with Crippen molar-refractivity contribution in [1.82, 2.24) is 15.7 Å². The molecule has 0 aliphatic carbocycles. The van der Waals surface area contributed by atoms with Crippen LogP contribution in [0.3, 0.4) is 0 Å². The molecule has 1 amide bonds. The van der Waals surface area contributed by atoms with E-state index in [4.69, 9.17) is 9.94 Å². The van der Waals surface area contributed by atoms with Gasteiger partial charge in [-0.25, -0.2) is 5.48 Å². The number of benzene rings is 3. The van der Waals surface area contributed by atoms with Crippen LogP contribution in [0.15, 0.2) is 72.3 Å². The van der Waals surface area contributed by atoms with Gasteiger partial charge < -0.3 is 15.0 Å². The smallest absolute Gasteiger partial charge is 0.274 e. The van der Waals surface area contributed by atoms with Gasteiger partial charge in [-0.3, -0.25) is 10.0 Å². The maximum atomic E-state index is 11.6. The maximum absolute atomic E-state index is 11.6. The zero-order valence-electron chi connectivity index (χ0n) is 19.7.